The first kappa shape index (κ1) is 13.7. The van der Waals surface area contributed by atoms with Crippen molar-refractivity contribution in [2.75, 3.05) is 13.3 Å². The SMILES string of the molecule is C=C(C=C(Cl)C=CC)C1CCOP(C)(=O)O1. The number of hydrogen-bond donors (Lipinski definition) is 0. The molecule has 1 rings (SSSR count). The standard InChI is InChI=1S/C11H16ClO3P/c1-4-5-10(12)8-9(2)11-6-7-14-16(3,13)15-11/h4-5,8,11H,2,6-7H2,1,3H3. The van der Waals surface area contributed by atoms with Crippen molar-refractivity contribution in [2.45, 2.75) is 19.4 Å². The maximum Gasteiger partial charge on any atom is 0.328 e. The van der Waals surface area contributed by atoms with E-state index in [0.717, 1.165) is 0 Å². The van der Waals surface area contributed by atoms with Crippen molar-refractivity contribution in [2.24, 2.45) is 0 Å². The van der Waals surface area contributed by atoms with Crippen molar-refractivity contribution in [1.29, 1.82) is 0 Å². The molecule has 1 saturated heterocycles. The summed E-state index contributed by atoms with van der Waals surface area (Å²) < 4.78 is 22.0. The predicted molar refractivity (Wildman–Crippen MR) is 66.9 cm³/mol. The summed E-state index contributed by atoms with van der Waals surface area (Å²) in [6.07, 6.45) is 5.69. The van der Waals surface area contributed by atoms with Crippen molar-refractivity contribution >= 4 is 19.2 Å². The molecular weight excluding hydrogens is 247 g/mol. The lowest BCUT2D eigenvalue weighted by Gasteiger charge is -2.27. The Kier molecular flexibility index (Phi) is 5.00. The fourth-order valence-electron chi connectivity index (χ4n) is 1.37. The van der Waals surface area contributed by atoms with E-state index in [1.54, 1.807) is 12.2 Å². The van der Waals surface area contributed by atoms with E-state index in [2.05, 4.69) is 6.58 Å². The van der Waals surface area contributed by atoms with Gasteiger partial charge in [0.2, 0.25) is 0 Å². The third kappa shape index (κ3) is 4.26. The van der Waals surface area contributed by atoms with E-state index in [1.165, 1.54) is 6.66 Å². The lowest BCUT2D eigenvalue weighted by atomic mass is 10.1. The zero-order chi connectivity index (χ0) is 12.2. The van der Waals surface area contributed by atoms with Gasteiger partial charge in [0, 0.05) is 18.1 Å². The highest BCUT2D eigenvalue weighted by molar-refractivity contribution is 7.53. The van der Waals surface area contributed by atoms with E-state index >= 15 is 0 Å². The number of hydrogen-bond acceptors (Lipinski definition) is 3. The number of halogens is 1. The molecule has 0 N–H and O–H groups in total. The van der Waals surface area contributed by atoms with Gasteiger partial charge >= 0.3 is 7.60 Å². The molecule has 0 bridgehead atoms. The first-order valence-electron chi connectivity index (χ1n) is 5.04. The van der Waals surface area contributed by atoms with Gasteiger partial charge < -0.3 is 9.05 Å². The van der Waals surface area contributed by atoms with Crippen LogP contribution >= 0.6 is 19.2 Å². The van der Waals surface area contributed by atoms with Gasteiger partial charge in [-0.1, -0.05) is 24.3 Å². The van der Waals surface area contributed by atoms with Crippen LogP contribution in [0.15, 0.2) is 35.4 Å². The average molecular weight is 263 g/mol. The van der Waals surface area contributed by atoms with Gasteiger partial charge in [0.25, 0.3) is 0 Å². The van der Waals surface area contributed by atoms with Crippen molar-refractivity contribution in [3.63, 3.8) is 0 Å². The van der Waals surface area contributed by atoms with Crippen molar-refractivity contribution in [1.82, 2.24) is 0 Å². The summed E-state index contributed by atoms with van der Waals surface area (Å²) in [5.74, 6) is 0. The van der Waals surface area contributed by atoms with Gasteiger partial charge in [-0.3, -0.25) is 4.57 Å². The third-order valence-corrected chi connectivity index (χ3v) is 3.61. The molecule has 0 aromatic rings. The molecule has 0 aromatic carbocycles. The summed E-state index contributed by atoms with van der Waals surface area (Å²) in [7, 11) is -2.91. The average Bonchev–Trinajstić information content (AvgIpc) is 2.16. The first-order chi connectivity index (χ1) is 7.44. The normalized spacial score (nSPS) is 31.9. The number of rotatable bonds is 3. The van der Waals surface area contributed by atoms with Gasteiger partial charge in [-0.2, -0.15) is 0 Å². The second-order valence-electron chi connectivity index (χ2n) is 3.59. The Balaban J connectivity index is 2.68. The van der Waals surface area contributed by atoms with Crippen LogP contribution in [0.5, 0.6) is 0 Å². The van der Waals surface area contributed by atoms with Crippen LogP contribution in [0.3, 0.4) is 0 Å². The molecule has 0 aromatic heterocycles. The summed E-state index contributed by atoms with van der Waals surface area (Å²) in [4.78, 5) is 0. The summed E-state index contributed by atoms with van der Waals surface area (Å²) in [6.45, 7) is 7.63. The molecule has 1 heterocycles. The van der Waals surface area contributed by atoms with Gasteiger partial charge in [0.15, 0.2) is 0 Å². The smallest absolute Gasteiger partial charge is 0.309 e. The molecule has 1 aliphatic heterocycles. The van der Waals surface area contributed by atoms with Crippen molar-refractivity contribution < 1.29 is 13.6 Å². The summed E-state index contributed by atoms with van der Waals surface area (Å²) in [5, 5.41) is 0.577. The second kappa shape index (κ2) is 5.83. The van der Waals surface area contributed by atoms with E-state index in [4.69, 9.17) is 20.6 Å². The van der Waals surface area contributed by atoms with Crippen LogP contribution in [0.2, 0.25) is 0 Å². The maximum absolute atomic E-state index is 11.6. The van der Waals surface area contributed by atoms with Gasteiger partial charge in [-0.15, -0.1) is 0 Å². The molecule has 0 saturated carbocycles. The van der Waals surface area contributed by atoms with Crippen LogP contribution < -0.4 is 0 Å². The molecule has 3 nitrogen and oxygen atoms in total. The Hall–Kier alpha value is -0.340. The molecule has 0 spiro atoms. The fraction of sp³-hybridized carbons (Fsp3) is 0.455. The lowest BCUT2D eigenvalue weighted by Crippen LogP contribution is -2.21. The van der Waals surface area contributed by atoms with Gasteiger partial charge in [0.1, 0.15) is 0 Å². The second-order valence-corrected chi connectivity index (χ2v) is 6.04. The molecule has 1 aliphatic rings. The number of allylic oxidation sites excluding steroid dienone is 3. The highest BCUT2D eigenvalue weighted by Gasteiger charge is 2.29. The van der Waals surface area contributed by atoms with Crippen LogP contribution in [0.1, 0.15) is 13.3 Å². The highest BCUT2D eigenvalue weighted by Crippen LogP contribution is 2.49. The monoisotopic (exact) mass is 262 g/mol. The molecule has 1 fully saturated rings. The van der Waals surface area contributed by atoms with E-state index in [-0.39, 0.29) is 6.10 Å². The minimum absolute atomic E-state index is 0.274. The molecule has 0 radical (unpaired) electrons. The van der Waals surface area contributed by atoms with Gasteiger partial charge in [-0.25, -0.2) is 0 Å². The summed E-state index contributed by atoms with van der Waals surface area (Å²) in [5.41, 5.74) is 0.716. The van der Waals surface area contributed by atoms with Crippen LogP contribution in [-0.2, 0) is 13.6 Å². The van der Waals surface area contributed by atoms with Crippen LogP contribution in [0.4, 0.5) is 0 Å². The van der Waals surface area contributed by atoms with Crippen LogP contribution in [0, 0.1) is 0 Å². The molecule has 0 aliphatic carbocycles. The Morgan fingerprint density at radius 2 is 2.31 bits per heavy atom. The van der Waals surface area contributed by atoms with E-state index < -0.39 is 7.60 Å². The molecule has 16 heavy (non-hydrogen) atoms. The van der Waals surface area contributed by atoms with Crippen molar-refractivity contribution in [3.8, 4) is 0 Å². The Labute approximate surface area is 101 Å². The van der Waals surface area contributed by atoms with Crippen LogP contribution in [-0.4, -0.2) is 19.4 Å². The molecule has 5 heteroatoms. The Morgan fingerprint density at radius 3 is 2.88 bits per heavy atom. The molecule has 2 unspecified atom stereocenters. The maximum atomic E-state index is 11.6. The van der Waals surface area contributed by atoms with Crippen LogP contribution in [0.25, 0.3) is 0 Å². The Morgan fingerprint density at radius 1 is 1.62 bits per heavy atom. The zero-order valence-electron chi connectivity index (χ0n) is 9.48. The Bertz CT molecular complexity index is 373. The third-order valence-electron chi connectivity index (χ3n) is 2.09. The lowest BCUT2D eigenvalue weighted by molar-refractivity contribution is 0.107. The highest BCUT2D eigenvalue weighted by atomic mass is 35.5. The quantitative estimate of drug-likeness (QED) is 0.572. The molecular formula is C11H16ClO3P. The molecule has 90 valence electrons. The zero-order valence-corrected chi connectivity index (χ0v) is 11.1. The summed E-state index contributed by atoms with van der Waals surface area (Å²) in [6, 6.07) is 0. The molecule has 0 amide bonds. The minimum atomic E-state index is -2.91. The summed E-state index contributed by atoms with van der Waals surface area (Å²) >= 11 is 5.92. The van der Waals surface area contributed by atoms with E-state index in [1.807, 2.05) is 13.0 Å². The van der Waals surface area contributed by atoms with Crippen molar-refractivity contribution in [3.05, 3.63) is 35.4 Å². The minimum Gasteiger partial charge on any atom is -0.309 e. The predicted octanol–water partition coefficient (Wildman–Crippen LogP) is 3.87. The topological polar surface area (TPSA) is 35.5 Å². The largest absolute Gasteiger partial charge is 0.328 e. The van der Waals surface area contributed by atoms with Gasteiger partial charge in [0.05, 0.1) is 12.7 Å². The molecule has 2 atom stereocenters. The van der Waals surface area contributed by atoms with E-state index in [0.29, 0.717) is 23.6 Å². The van der Waals surface area contributed by atoms with Gasteiger partial charge in [-0.05, 0) is 24.6 Å². The first-order valence-corrected chi connectivity index (χ1v) is 7.40. The van der Waals surface area contributed by atoms with E-state index in [9.17, 15) is 4.57 Å². The fourth-order valence-corrected chi connectivity index (χ4v) is 2.84.